The van der Waals surface area contributed by atoms with Gasteiger partial charge >= 0.3 is 5.97 Å². The number of para-hydroxylation sites is 1. The van der Waals surface area contributed by atoms with E-state index in [1.54, 1.807) is 36.4 Å². The third kappa shape index (κ3) is 6.84. The van der Waals surface area contributed by atoms with Crippen LogP contribution in [0.15, 0.2) is 71.6 Å². The zero-order valence-electron chi connectivity index (χ0n) is 22.7. The Morgan fingerprint density at radius 2 is 1.63 bits per heavy atom. The first-order chi connectivity index (χ1) is 19.6. The molecule has 4 rings (SSSR count). The van der Waals surface area contributed by atoms with Crippen molar-refractivity contribution in [2.75, 3.05) is 42.3 Å². The number of esters is 1. The highest BCUT2D eigenvalue weighted by Crippen LogP contribution is 2.40. The van der Waals surface area contributed by atoms with Crippen LogP contribution in [0.1, 0.15) is 18.1 Å². The lowest BCUT2D eigenvalue weighted by molar-refractivity contribution is -0.142. The normalized spacial score (nSPS) is 12.5. The Morgan fingerprint density at radius 3 is 2.29 bits per heavy atom. The summed E-state index contributed by atoms with van der Waals surface area (Å²) in [5, 5.41) is 5.20. The fourth-order valence-corrected chi connectivity index (χ4v) is 6.01. The number of carbonyl (C=O) groups is 3. The Morgan fingerprint density at radius 1 is 0.951 bits per heavy atom. The molecule has 0 radical (unpaired) electrons. The fourth-order valence-electron chi connectivity index (χ4n) is 4.30. The maximum absolute atomic E-state index is 13.7. The molecule has 0 bridgehead atoms. The summed E-state index contributed by atoms with van der Waals surface area (Å²) in [4.78, 5) is 35.5. The first kappa shape index (κ1) is 29.2. The van der Waals surface area contributed by atoms with E-state index in [0.29, 0.717) is 29.0 Å². The number of nitrogens with zero attached hydrogens (tertiary/aromatic N) is 1. The molecule has 214 valence electrons. The molecular formula is C29H29N3O8S. The van der Waals surface area contributed by atoms with Crippen molar-refractivity contribution in [3.63, 3.8) is 0 Å². The predicted octanol–water partition coefficient (Wildman–Crippen LogP) is 3.61. The predicted molar refractivity (Wildman–Crippen MR) is 154 cm³/mol. The molecule has 0 saturated heterocycles. The Balaban J connectivity index is 1.46. The van der Waals surface area contributed by atoms with Crippen LogP contribution in [0.5, 0.6) is 11.5 Å². The molecule has 1 heterocycles. The minimum Gasteiger partial charge on any atom is -0.493 e. The van der Waals surface area contributed by atoms with E-state index in [1.165, 1.54) is 43.7 Å². The van der Waals surface area contributed by atoms with E-state index in [-0.39, 0.29) is 28.8 Å². The minimum atomic E-state index is -4.04. The van der Waals surface area contributed by atoms with Gasteiger partial charge in [0.05, 0.1) is 19.9 Å². The average Bonchev–Trinajstić information content (AvgIpc) is 3.40. The van der Waals surface area contributed by atoms with Crippen molar-refractivity contribution < 1.29 is 37.0 Å². The van der Waals surface area contributed by atoms with Gasteiger partial charge in [-0.1, -0.05) is 18.2 Å². The number of ether oxygens (including phenoxy) is 3. The number of hydrogen-bond donors (Lipinski definition) is 2. The first-order valence-electron chi connectivity index (χ1n) is 12.5. The van der Waals surface area contributed by atoms with Gasteiger partial charge in [0.1, 0.15) is 4.90 Å². The molecule has 2 N–H and O–H groups in total. The van der Waals surface area contributed by atoms with Crippen molar-refractivity contribution in [1.29, 1.82) is 0 Å². The highest BCUT2D eigenvalue weighted by Gasteiger charge is 2.34. The molecule has 0 aliphatic carbocycles. The molecule has 1 aliphatic rings. The molecule has 0 saturated carbocycles. The van der Waals surface area contributed by atoms with Gasteiger partial charge in [-0.3, -0.25) is 13.9 Å². The van der Waals surface area contributed by atoms with Crippen LogP contribution in [0.25, 0.3) is 6.08 Å². The average molecular weight is 580 g/mol. The number of nitrogens with one attached hydrogen (secondary N) is 2. The van der Waals surface area contributed by atoms with Crippen molar-refractivity contribution >= 4 is 50.9 Å². The molecule has 0 unspecified atom stereocenters. The van der Waals surface area contributed by atoms with Gasteiger partial charge in [0.2, 0.25) is 5.91 Å². The van der Waals surface area contributed by atoms with E-state index >= 15 is 0 Å². The van der Waals surface area contributed by atoms with Crippen LogP contribution in [0.2, 0.25) is 0 Å². The topological polar surface area (TPSA) is 140 Å². The zero-order chi connectivity index (χ0) is 29.6. The standard InChI is InChI=1S/C29H29N3O8S/c1-19(33)30-22-9-11-23(12-10-22)31-27(34)18-40-28(35)13-8-20-16-25(38-2)29(39-3)26(17-20)41(36,37)32-15-14-21-6-4-5-7-24(21)32/h4-13,16-17H,14-15,18H2,1-3H3,(H,30,33)(H,31,34). The van der Waals surface area contributed by atoms with Crippen LogP contribution in [0.4, 0.5) is 17.1 Å². The van der Waals surface area contributed by atoms with E-state index < -0.39 is 28.5 Å². The van der Waals surface area contributed by atoms with Crippen LogP contribution in [0, 0.1) is 0 Å². The quantitative estimate of drug-likeness (QED) is 0.274. The van der Waals surface area contributed by atoms with Crippen molar-refractivity contribution in [2.45, 2.75) is 18.2 Å². The Bertz CT molecular complexity index is 1600. The van der Waals surface area contributed by atoms with Crippen molar-refractivity contribution in [1.82, 2.24) is 0 Å². The fraction of sp³-hybridized carbons (Fsp3) is 0.207. The summed E-state index contributed by atoms with van der Waals surface area (Å²) >= 11 is 0. The van der Waals surface area contributed by atoms with E-state index in [1.807, 2.05) is 12.1 Å². The van der Waals surface area contributed by atoms with Gasteiger partial charge in [0.25, 0.3) is 15.9 Å². The summed E-state index contributed by atoms with van der Waals surface area (Å²) in [5.41, 5.74) is 2.89. The Labute approximate surface area is 237 Å². The third-order valence-corrected chi connectivity index (χ3v) is 7.94. The third-order valence-electron chi connectivity index (χ3n) is 6.13. The number of hydrogen-bond acceptors (Lipinski definition) is 8. The summed E-state index contributed by atoms with van der Waals surface area (Å²) in [6.45, 7) is 1.12. The second-order valence-electron chi connectivity index (χ2n) is 8.96. The van der Waals surface area contributed by atoms with Gasteiger partial charge in [-0.05, 0) is 66.1 Å². The molecule has 1 aliphatic heterocycles. The molecule has 0 fully saturated rings. The lowest BCUT2D eigenvalue weighted by Crippen LogP contribution is -2.29. The highest BCUT2D eigenvalue weighted by atomic mass is 32.2. The maximum atomic E-state index is 13.7. The van der Waals surface area contributed by atoms with Gasteiger partial charge in [0, 0.05) is 30.9 Å². The van der Waals surface area contributed by atoms with Crippen molar-refractivity contribution in [3.05, 3.63) is 77.9 Å². The number of sulfonamides is 1. The van der Waals surface area contributed by atoms with Crippen molar-refractivity contribution in [3.8, 4) is 11.5 Å². The Hall–Kier alpha value is -4.84. The lowest BCUT2D eigenvalue weighted by atomic mass is 10.2. The first-order valence-corrected chi connectivity index (χ1v) is 14.0. The van der Waals surface area contributed by atoms with Crippen LogP contribution >= 0.6 is 0 Å². The number of anilines is 3. The summed E-state index contributed by atoms with van der Waals surface area (Å²) in [7, 11) is -1.31. The Kier molecular flexibility index (Phi) is 8.93. The monoisotopic (exact) mass is 579 g/mol. The van der Waals surface area contributed by atoms with E-state index in [4.69, 9.17) is 14.2 Å². The molecule has 3 aromatic carbocycles. The van der Waals surface area contributed by atoms with Crippen molar-refractivity contribution in [2.24, 2.45) is 0 Å². The van der Waals surface area contributed by atoms with Gasteiger partial charge in [-0.25, -0.2) is 13.2 Å². The van der Waals surface area contributed by atoms with E-state index in [0.717, 1.165) is 11.6 Å². The molecule has 0 atom stereocenters. The molecule has 3 aromatic rings. The smallest absolute Gasteiger partial charge is 0.331 e. The molecule has 0 aromatic heterocycles. The van der Waals surface area contributed by atoms with Gasteiger partial charge in [-0.15, -0.1) is 0 Å². The maximum Gasteiger partial charge on any atom is 0.331 e. The second-order valence-corrected chi connectivity index (χ2v) is 10.8. The van der Waals surface area contributed by atoms with E-state index in [9.17, 15) is 22.8 Å². The van der Waals surface area contributed by atoms with E-state index in [2.05, 4.69) is 10.6 Å². The number of benzene rings is 3. The SMILES string of the molecule is COc1cc(C=CC(=O)OCC(=O)Nc2ccc(NC(C)=O)cc2)cc(S(=O)(=O)N2CCc3ccccc32)c1OC. The number of amides is 2. The summed E-state index contributed by atoms with van der Waals surface area (Å²) in [6.07, 6.45) is 3.02. The number of methoxy groups -OCH3 is 2. The molecule has 0 spiro atoms. The van der Waals surface area contributed by atoms with Gasteiger partial charge < -0.3 is 24.8 Å². The van der Waals surface area contributed by atoms with Crippen LogP contribution in [-0.4, -0.2) is 53.6 Å². The summed E-state index contributed by atoms with van der Waals surface area (Å²) in [6, 6.07) is 16.6. The lowest BCUT2D eigenvalue weighted by Gasteiger charge is -2.22. The number of rotatable bonds is 10. The molecule has 11 nitrogen and oxygen atoms in total. The zero-order valence-corrected chi connectivity index (χ0v) is 23.5. The van der Waals surface area contributed by atoms with Gasteiger partial charge in [0.15, 0.2) is 18.1 Å². The summed E-state index contributed by atoms with van der Waals surface area (Å²) in [5.74, 6) is -1.39. The molecule has 2 amide bonds. The van der Waals surface area contributed by atoms with Crippen LogP contribution in [0.3, 0.4) is 0 Å². The summed E-state index contributed by atoms with van der Waals surface area (Å²) < 4.78 is 44.6. The minimum absolute atomic E-state index is 0.0402. The number of carbonyl (C=O) groups excluding carboxylic acids is 3. The number of fused-ring (bicyclic) bond motifs is 1. The molecular weight excluding hydrogens is 550 g/mol. The van der Waals surface area contributed by atoms with Crippen LogP contribution < -0.4 is 24.4 Å². The molecule has 12 heteroatoms. The molecule has 41 heavy (non-hydrogen) atoms. The second kappa shape index (κ2) is 12.6. The highest BCUT2D eigenvalue weighted by molar-refractivity contribution is 7.93. The largest absolute Gasteiger partial charge is 0.493 e. The van der Waals surface area contributed by atoms with Crippen LogP contribution in [-0.2, 0) is 35.6 Å². The van der Waals surface area contributed by atoms with Gasteiger partial charge in [-0.2, -0.15) is 0 Å².